The molecule has 0 saturated carbocycles. The van der Waals surface area contributed by atoms with Crippen LogP contribution >= 0.6 is 11.9 Å². The largest absolute Gasteiger partial charge is 0.491 e. The molecule has 2 aliphatic rings. The van der Waals surface area contributed by atoms with Crippen LogP contribution in [-0.4, -0.2) is 75.8 Å². The number of fused-ring (bicyclic) bond motifs is 3. The zero-order chi connectivity index (χ0) is 22.7. The Kier molecular flexibility index (Phi) is 7.17. The SMILES string of the molecule is CC(C)N/C(=N\C=N)c1cn2c(n1)-c1cc(SN3CCN(C(C)C)CC3)ccc1OCC2. The molecule has 0 amide bonds. The Morgan fingerprint density at radius 2 is 1.97 bits per heavy atom. The molecule has 0 unspecified atom stereocenters. The van der Waals surface area contributed by atoms with E-state index in [-0.39, 0.29) is 6.04 Å². The van der Waals surface area contributed by atoms with Crippen molar-refractivity contribution in [3.63, 3.8) is 0 Å². The highest BCUT2D eigenvalue weighted by Crippen LogP contribution is 2.36. The quantitative estimate of drug-likeness (QED) is 0.395. The summed E-state index contributed by atoms with van der Waals surface area (Å²) in [6, 6.07) is 7.19. The molecule has 1 saturated heterocycles. The minimum absolute atomic E-state index is 0.199. The molecule has 2 aliphatic heterocycles. The van der Waals surface area contributed by atoms with Gasteiger partial charge in [0.2, 0.25) is 0 Å². The highest BCUT2D eigenvalue weighted by Gasteiger charge is 2.23. The van der Waals surface area contributed by atoms with Gasteiger partial charge in [0.05, 0.1) is 12.1 Å². The van der Waals surface area contributed by atoms with Crippen molar-refractivity contribution in [2.75, 3.05) is 32.8 Å². The third-order valence-electron chi connectivity index (χ3n) is 5.66. The van der Waals surface area contributed by atoms with Crippen molar-refractivity contribution in [1.82, 2.24) is 24.1 Å². The van der Waals surface area contributed by atoms with Gasteiger partial charge in [-0.2, -0.15) is 0 Å². The van der Waals surface area contributed by atoms with Crippen LogP contribution in [0.4, 0.5) is 0 Å². The summed E-state index contributed by atoms with van der Waals surface area (Å²) < 4.78 is 10.6. The number of benzene rings is 1. The van der Waals surface area contributed by atoms with Crippen LogP contribution in [0.5, 0.6) is 5.75 Å². The third kappa shape index (κ3) is 5.16. The Hall–Kier alpha value is -2.36. The number of hydrogen-bond donors (Lipinski definition) is 2. The van der Waals surface area contributed by atoms with Crippen LogP contribution in [0, 0.1) is 5.41 Å². The highest BCUT2D eigenvalue weighted by molar-refractivity contribution is 7.97. The maximum Gasteiger partial charge on any atom is 0.155 e. The maximum atomic E-state index is 7.41. The molecule has 3 heterocycles. The molecule has 0 spiro atoms. The van der Waals surface area contributed by atoms with Crippen molar-refractivity contribution in [2.24, 2.45) is 4.99 Å². The van der Waals surface area contributed by atoms with Gasteiger partial charge in [-0.25, -0.2) is 14.3 Å². The molecule has 1 aromatic carbocycles. The fourth-order valence-corrected chi connectivity index (χ4v) is 4.95. The topological polar surface area (TPSA) is 81.8 Å². The van der Waals surface area contributed by atoms with Crippen LogP contribution in [0.3, 0.4) is 0 Å². The average molecular weight is 456 g/mol. The van der Waals surface area contributed by atoms with Crippen LogP contribution in [0.25, 0.3) is 11.4 Å². The van der Waals surface area contributed by atoms with Gasteiger partial charge in [-0.1, -0.05) is 0 Å². The third-order valence-corrected chi connectivity index (χ3v) is 6.75. The number of nitrogens with one attached hydrogen (secondary N) is 2. The summed E-state index contributed by atoms with van der Waals surface area (Å²) >= 11 is 1.81. The van der Waals surface area contributed by atoms with E-state index in [1.165, 1.54) is 4.90 Å². The first-order valence-electron chi connectivity index (χ1n) is 11.3. The minimum Gasteiger partial charge on any atom is -0.491 e. The van der Waals surface area contributed by atoms with Crippen molar-refractivity contribution in [3.05, 3.63) is 30.1 Å². The van der Waals surface area contributed by atoms with E-state index in [9.17, 15) is 0 Å². The van der Waals surface area contributed by atoms with Crippen molar-refractivity contribution < 1.29 is 4.74 Å². The minimum atomic E-state index is 0.199. The van der Waals surface area contributed by atoms with Gasteiger partial charge >= 0.3 is 0 Å². The molecule has 32 heavy (non-hydrogen) atoms. The summed E-state index contributed by atoms with van der Waals surface area (Å²) in [6.07, 6.45) is 3.05. The fourth-order valence-electron chi connectivity index (χ4n) is 4.01. The molecule has 2 N–H and O–H groups in total. The molecule has 0 radical (unpaired) electrons. The van der Waals surface area contributed by atoms with Gasteiger partial charge in [0.1, 0.15) is 30.2 Å². The number of imidazole rings is 1. The fraction of sp³-hybridized carbons (Fsp3) is 0.522. The molecule has 2 aromatic rings. The van der Waals surface area contributed by atoms with Gasteiger partial charge < -0.3 is 14.6 Å². The molecule has 8 nitrogen and oxygen atoms in total. The molecule has 1 fully saturated rings. The van der Waals surface area contributed by atoms with Crippen LogP contribution < -0.4 is 10.1 Å². The summed E-state index contributed by atoms with van der Waals surface area (Å²) in [5.74, 6) is 2.35. The summed E-state index contributed by atoms with van der Waals surface area (Å²) in [6.45, 7) is 14.3. The number of hydrogen-bond acceptors (Lipinski definition) is 6. The predicted octanol–water partition coefficient (Wildman–Crippen LogP) is 3.33. The monoisotopic (exact) mass is 455 g/mol. The van der Waals surface area contributed by atoms with E-state index in [1.807, 2.05) is 32.0 Å². The Morgan fingerprint density at radius 3 is 2.66 bits per heavy atom. The second kappa shape index (κ2) is 10.1. The van der Waals surface area contributed by atoms with Crippen molar-refractivity contribution in [1.29, 1.82) is 5.41 Å². The second-order valence-corrected chi connectivity index (χ2v) is 9.88. The van der Waals surface area contributed by atoms with Gasteiger partial charge in [0.25, 0.3) is 0 Å². The number of piperazine rings is 1. The van der Waals surface area contributed by atoms with E-state index >= 15 is 0 Å². The Morgan fingerprint density at radius 1 is 1.19 bits per heavy atom. The van der Waals surface area contributed by atoms with Crippen molar-refractivity contribution >= 4 is 24.1 Å². The molecule has 0 aliphatic carbocycles. The lowest BCUT2D eigenvalue weighted by Crippen LogP contribution is -2.46. The molecule has 1 aromatic heterocycles. The van der Waals surface area contributed by atoms with E-state index < -0.39 is 0 Å². The molecular formula is C23H33N7OS. The molecule has 9 heteroatoms. The van der Waals surface area contributed by atoms with Crippen LogP contribution in [-0.2, 0) is 6.54 Å². The lowest BCUT2D eigenvalue weighted by atomic mass is 10.2. The van der Waals surface area contributed by atoms with Crippen LogP contribution in [0.1, 0.15) is 33.4 Å². The first kappa shape index (κ1) is 22.8. The first-order chi connectivity index (χ1) is 15.4. The Labute approximate surface area is 194 Å². The number of ether oxygens (including phenoxy) is 1. The van der Waals surface area contributed by atoms with E-state index in [4.69, 9.17) is 15.1 Å². The summed E-state index contributed by atoms with van der Waals surface area (Å²) in [4.78, 5) is 12.8. The molecule has 0 atom stereocenters. The Bertz CT molecular complexity index is 977. The average Bonchev–Trinajstić information content (AvgIpc) is 3.11. The molecule has 0 bridgehead atoms. The van der Waals surface area contributed by atoms with Gasteiger partial charge in [0.15, 0.2) is 5.84 Å². The zero-order valence-corrected chi connectivity index (χ0v) is 20.2. The zero-order valence-electron chi connectivity index (χ0n) is 19.3. The lowest BCUT2D eigenvalue weighted by molar-refractivity contribution is 0.160. The first-order valence-corrected chi connectivity index (χ1v) is 12.1. The van der Waals surface area contributed by atoms with Crippen LogP contribution in [0.15, 0.2) is 34.3 Å². The highest BCUT2D eigenvalue weighted by atomic mass is 32.2. The summed E-state index contributed by atoms with van der Waals surface area (Å²) in [5, 5.41) is 10.7. The van der Waals surface area contributed by atoms with E-state index in [0.717, 1.165) is 61.9 Å². The second-order valence-electron chi connectivity index (χ2n) is 8.71. The number of nitrogens with zero attached hydrogens (tertiary/aromatic N) is 5. The smallest absolute Gasteiger partial charge is 0.155 e. The molecular weight excluding hydrogens is 422 g/mol. The lowest BCUT2D eigenvalue weighted by Gasteiger charge is -2.36. The van der Waals surface area contributed by atoms with E-state index in [1.54, 1.807) is 0 Å². The number of aromatic nitrogens is 2. The van der Waals surface area contributed by atoms with E-state index in [0.29, 0.717) is 18.5 Å². The Balaban J connectivity index is 1.58. The summed E-state index contributed by atoms with van der Waals surface area (Å²) in [5.41, 5.74) is 1.74. The standard InChI is InChI=1S/C23H33N7OS/c1-16(2)26-22(25-15-24)20-14-29-11-12-31-21-6-5-18(13-19(21)23(29)27-20)32-30-9-7-28(8-10-30)17(3)4/h5-6,13-17H,7-12H2,1-4H3,(H2,24,25,26). The van der Waals surface area contributed by atoms with Gasteiger partial charge in [-0.3, -0.25) is 10.3 Å². The van der Waals surface area contributed by atoms with Crippen molar-refractivity contribution in [3.8, 4) is 17.1 Å². The number of aliphatic imine (C=N–C) groups is 1. The van der Waals surface area contributed by atoms with E-state index in [2.05, 4.69) is 56.1 Å². The predicted molar refractivity (Wildman–Crippen MR) is 131 cm³/mol. The normalized spacial score (nSPS) is 17.6. The maximum absolute atomic E-state index is 7.41. The number of rotatable bonds is 6. The number of amidine groups is 1. The van der Waals surface area contributed by atoms with Crippen LogP contribution in [0.2, 0.25) is 0 Å². The molecule has 172 valence electrons. The van der Waals surface area contributed by atoms with Gasteiger partial charge in [-0.05, 0) is 57.8 Å². The molecule has 4 rings (SSSR count). The van der Waals surface area contributed by atoms with Crippen molar-refractivity contribution in [2.45, 2.75) is 51.2 Å². The summed E-state index contributed by atoms with van der Waals surface area (Å²) in [7, 11) is 0. The van der Waals surface area contributed by atoms with Gasteiger partial charge in [-0.15, -0.1) is 0 Å². The van der Waals surface area contributed by atoms with Gasteiger partial charge in [0, 0.05) is 49.4 Å².